The molecule has 1 amide bonds. The number of aromatic nitrogens is 2. The number of pyridine rings is 2. The number of benzene rings is 2. The molecule has 0 saturated heterocycles. The van der Waals surface area contributed by atoms with Crippen LogP contribution in [0.3, 0.4) is 0 Å². The summed E-state index contributed by atoms with van der Waals surface area (Å²) in [4.78, 5) is 22.0. The van der Waals surface area contributed by atoms with Crippen LogP contribution in [-0.2, 0) is 11.1 Å². The number of alkyl halides is 3. The lowest BCUT2D eigenvalue weighted by Crippen LogP contribution is -2.52. The number of hydrogen-bond donors (Lipinski definition) is 3. The molecule has 4 N–H and O–H groups in total. The molecule has 0 bridgehead atoms. The highest BCUT2D eigenvalue weighted by molar-refractivity contribution is 5.99. The molecule has 2 aliphatic rings. The Hall–Kier alpha value is -4.29. The van der Waals surface area contributed by atoms with Crippen LogP contribution in [0.4, 0.5) is 17.6 Å². The Bertz CT molecular complexity index is 1690. The number of aliphatic hydroxyl groups is 1. The lowest BCUT2D eigenvalue weighted by atomic mass is 9.88. The van der Waals surface area contributed by atoms with Crippen LogP contribution >= 0.6 is 0 Å². The molecule has 2 unspecified atom stereocenters. The van der Waals surface area contributed by atoms with E-state index in [0.29, 0.717) is 16.7 Å². The zero-order valence-corrected chi connectivity index (χ0v) is 22.3. The number of hydrogen-bond acceptors (Lipinski definition) is 7. The van der Waals surface area contributed by atoms with E-state index in [-0.39, 0.29) is 34.4 Å². The molecular formula is C30H26F4N4O4. The SMILES string of the molecule is CC(O)(CNC(=O)c1cc(OC2CC2)c2ncccc2c1)c1cc2c(c(-c3ccc(F)cc3)n1)OCC2(N)C(F)(F)F. The molecule has 1 aliphatic carbocycles. The van der Waals surface area contributed by atoms with E-state index in [4.69, 9.17) is 15.2 Å². The number of halogens is 4. The van der Waals surface area contributed by atoms with Crippen LogP contribution in [0.25, 0.3) is 22.2 Å². The summed E-state index contributed by atoms with van der Waals surface area (Å²) in [5.74, 6) is -0.852. The van der Waals surface area contributed by atoms with Gasteiger partial charge in [0.1, 0.15) is 35.0 Å². The van der Waals surface area contributed by atoms with E-state index in [9.17, 15) is 27.5 Å². The number of nitrogens with two attached hydrogens (primary N) is 1. The second-order valence-electron chi connectivity index (χ2n) is 10.8. The average molecular weight is 583 g/mol. The van der Waals surface area contributed by atoms with Crippen molar-refractivity contribution in [3.63, 3.8) is 0 Å². The van der Waals surface area contributed by atoms with Gasteiger partial charge in [0.05, 0.1) is 18.3 Å². The number of nitrogens with zero attached hydrogens (tertiary/aromatic N) is 2. The third kappa shape index (κ3) is 5.01. The Kier molecular flexibility index (Phi) is 6.58. The normalized spacial score (nSPS) is 19.6. The minimum absolute atomic E-state index is 0.0467. The van der Waals surface area contributed by atoms with Gasteiger partial charge in [0.2, 0.25) is 0 Å². The number of ether oxygens (including phenoxy) is 2. The summed E-state index contributed by atoms with van der Waals surface area (Å²) in [6.45, 7) is 0.00489. The van der Waals surface area contributed by atoms with Crippen molar-refractivity contribution in [2.45, 2.75) is 43.2 Å². The number of fused-ring (bicyclic) bond motifs is 2. The molecule has 4 aromatic rings. The Morgan fingerprint density at radius 3 is 2.62 bits per heavy atom. The quantitative estimate of drug-likeness (QED) is 0.270. The minimum atomic E-state index is -4.89. The van der Waals surface area contributed by atoms with Crippen molar-refractivity contribution in [2.75, 3.05) is 13.2 Å². The van der Waals surface area contributed by atoms with E-state index in [2.05, 4.69) is 15.3 Å². The van der Waals surface area contributed by atoms with Crippen molar-refractivity contribution >= 4 is 16.8 Å². The fraction of sp³-hybridized carbons (Fsp3) is 0.300. The first-order valence-electron chi connectivity index (χ1n) is 13.2. The predicted octanol–water partition coefficient (Wildman–Crippen LogP) is 4.72. The molecule has 0 radical (unpaired) electrons. The lowest BCUT2D eigenvalue weighted by Gasteiger charge is -2.28. The van der Waals surface area contributed by atoms with Gasteiger partial charge in [-0.05, 0) is 68.3 Å². The van der Waals surface area contributed by atoms with Gasteiger partial charge in [0, 0.05) is 28.3 Å². The zero-order chi connectivity index (χ0) is 29.9. The van der Waals surface area contributed by atoms with Crippen LogP contribution in [0.1, 0.15) is 41.4 Å². The van der Waals surface area contributed by atoms with Crippen LogP contribution in [-0.4, -0.2) is 46.4 Å². The summed E-state index contributed by atoms with van der Waals surface area (Å²) in [5, 5.41) is 14.7. The molecule has 3 heterocycles. The second kappa shape index (κ2) is 9.92. The van der Waals surface area contributed by atoms with Gasteiger partial charge in [0.25, 0.3) is 5.91 Å². The summed E-state index contributed by atoms with van der Waals surface area (Å²) in [6.07, 6.45) is -1.38. The van der Waals surface area contributed by atoms with E-state index in [0.717, 1.165) is 31.0 Å². The molecule has 1 aliphatic heterocycles. The molecule has 42 heavy (non-hydrogen) atoms. The number of nitrogens with one attached hydrogen (secondary N) is 1. The number of carbonyl (C=O) groups is 1. The van der Waals surface area contributed by atoms with Gasteiger partial charge in [-0.25, -0.2) is 9.37 Å². The van der Waals surface area contributed by atoms with Crippen LogP contribution in [0.15, 0.2) is 60.8 Å². The number of rotatable bonds is 7. The smallest absolute Gasteiger partial charge is 0.414 e. The van der Waals surface area contributed by atoms with Crippen LogP contribution in [0, 0.1) is 5.82 Å². The van der Waals surface area contributed by atoms with Gasteiger partial charge in [-0.3, -0.25) is 9.78 Å². The summed E-state index contributed by atoms with van der Waals surface area (Å²) in [5.41, 5.74) is 1.47. The Labute approximate surface area is 237 Å². The molecule has 1 fully saturated rings. The highest BCUT2D eigenvalue weighted by Gasteiger charge is 2.59. The van der Waals surface area contributed by atoms with Gasteiger partial charge < -0.3 is 25.6 Å². The first-order valence-corrected chi connectivity index (χ1v) is 13.2. The molecule has 8 nitrogen and oxygen atoms in total. The van der Waals surface area contributed by atoms with E-state index < -0.39 is 47.8 Å². The Balaban J connectivity index is 1.33. The first kappa shape index (κ1) is 27.9. The van der Waals surface area contributed by atoms with Crippen LogP contribution in [0.5, 0.6) is 11.5 Å². The van der Waals surface area contributed by atoms with Crippen molar-refractivity contribution in [2.24, 2.45) is 5.73 Å². The van der Waals surface area contributed by atoms with Crippen LogP contribution < -0.4 is 20.5 Å². The zero-order valence-electron chi connectivity index (χ0n) is 22.3. The molecule has 1 saturated carbocycles. The largest absolute Gasteiger partial charge is 0.488 e. The maximum atomic E-state index is 14.1. The molecule has 218 valence electrons. The van der Waals surface area contributed by atoms with Crippen molar-refractivity contribution in [3.05, 3.63) is 83.4 Å². The van der Waals surface area contributed by atoms with E-state index >= 15 is 0 Å². The Morgan fingerprint density at radius 2 is 1.93 bits per heavy atom. The van der Waals surface area contributed by atoms with Gasteiger partial charge in [-0.15, -0.1) is 0 Å². The van der Waals surface area contributed by atoms with Crippen molar-refractivity contribution < 1.29 is 36.9 Å². The summed E-state index contributed by atoms with van der Waals surface area (Å²) < 4.78 is 67.2. The standard InChI is InChI=1S/C30H26F4N4O4/c1-28(40,14-37-27(39)18-11-17-3-2-10-36-24(17)22(12-18)42-20-8-9-20)23-13-21-26(41-15-29(21,35)30(32,33)34)25(38-23)16-4-6-19(31)7-5-16/h2-7,10-13,20,40H,8-9,14-15,35H2,1H3,(H,37,39). The minimum Gasteiger partial charge on any atom is -0.488 e. The van der Waals surface area contributed by atoms with E-state index in [1.807, 2.05) is 0 Å². The maximum Gasteiger partial charge on any atom is 0.414 e. The predicted molar refractivity (Wildman–Crippen MR) is 144 cm³/mol. The van der Waals surface area contributed by atoms with Gasteiger partial charge in [0.15, 0.2) is 11.3 Å². The van der Waals surface area contributed by atoms with Gasteiger partial charge >= 0.3 is 6.18 Å². The Morgan fingerprint density at radius 1 is 1.19 bits per heavy atom. The second-order valence-corrected chi connectivity index (χ2v) is 10.8. The van der Waals surface area contributed by atoms with Crippen molar-refractivity contribution in [3.8, 4) is 22.8 Å². The molecule has 2 atom stereocenters. The maximum absolute atomic E-state index is 14.1. The third-order valence-electron chi connectivity index (χ3n) is 7.42. The summed E-state index contributed by atoms with van der Waals surface area (Å²) in [6, 6.07) is 12.7. The van der Waals surface area contributed by atoms with Crippen LogP contribution in [0.2, 0.25) is 0 Å². The fourth-order valence-corrected chi connectivity index (χ4v) is 4.78. The monoisotopic (exact) mass is 582 g/mol. The number of amides is 1. The van der Waals surface area contributed by atoms with E-state index in [1.165, 1.54) is 19.1 Å². The fourth-order valence-electron chi connectivity index (χ4n) is 4.78. The molecule has 12 heteroatoms. The molecule has 0 spiro atoms. The molecule has 6 rings (SSSR count). The van der Waals surface area contributed by atoms with Gasteiger partial charge in [-0.1, -0.05) is 6.07 Å². The lowest BCUT2D eigenvalue weighted by molar-refractivity contribution is -0.191. The molecule has 2 aromatic heterocycles. The average Bonchev–Trinajstić information content (AvgIpc) is 3.71. The first-order chi connectivity index (χ1) is 19.9. The summed E-state index contributed by atoms with van der Waals surface area (Å²) in [7, 11) is 0. The van der Waals surface area contributed by atoms with Gasteiger partial charge in [-0.2, -0.15) is 13.2 Å². The van der Waals surface area contributed by atoms with Crippen molar-refractivity contribution in [1.82, 2.24) is 15.3 Å². The summed E-state index contributed by atoms with van der Waals surface area (Å²) >= 11 is 0. The third-order valence-corrected chi connectivity index (χ3v) is 7.42. The number of carbonyl (C=O) groups excluding carboxylic acids is 1. The molecular weight excluding hydrogens is 556 g/mol. The topological polar surface area (TPSA) is 120 Å². The highest BCUT2D eigenvalue weighted by Crippen LogP contribution is 2.49. The van der Waals surface area contributed by atoms with E-state index in [1.54, 1.807) is 30.5 Å². The molecule has 2 aromatic carbocycles. The van der Waals surface area contributed by atoms with Crippen molar-refractivity contribution in [1.29, 1.82) is 0 Å². The highest BCUT2D eigenvalue weighted by atomic mass is 19.4.